The zero-order chi connectivity index (χ0) is 25.1. The molecule has 2 saturated heterocycles. The Morgan fingerprint density at radius 3 is 2.58 bits per heavy atom. The minimum atomic E-state index is -0.644. The number of hydrogen-bond acceptors (Lipinski definition) is 6. The van der Waals surface area contributed by atoms with E-state index in [9.17, 15) is 4.79 Å². The molecule has 0 unspecified atom stereocenters. The maximum atomic E-state index is 11.6. The number of ether oxygens (including phenoxy) is 2. The Labute approximate surface area is 220 Å². The van der Waals surface area contributed by atoms with Gasteiger partial charge in [0.2, 0.25) is 5.91 Å². The van der Waals surface area contributed by atoms with Crippen molar-refractivity contribution in [1.29, 1.82) is 0 Å². The van der Waals surface area contributed by atoms with E-state index in [1.54, 1.807) is 24.0 Å². The van der Waals surface area contributed by atoms with Crippen LogP contribution in [-0.2, 0) is 21.7 Å². The van der Waals surface area contributed by atoms with Gasteiger partial charge >= 0.3 is 0 Å². The molecule has 0 radical (unpaired) electrons. The predicted molar refractivity (Wildman–Crippen MR) is 139 cm³/mol. The molecule has 2 fully saturated rings. The van der Waals surface area contributed by atoms with Gasteiger partial charge in [0.25, 0.3) is 0 Å². The van der Waals surface area contributed by atoms with Crippen molar-refractivity contribution >= 4 is 34.8 Å². The summed E-state index contributed by atoms with van der Waals surface area (Å²) in [6.45, 7) is 5.71. The molecule has 8 nitrogen and oxygen atoms in total. The summed E-state index contributed by atoms with van der Waals surface area (Å²) in [4.78, 5) is 19.8. The van der Waals surface area contributed by atoms with Gasteiger partial charge < -0.3 is 19.3 Å². The first-order chi connectivity index (χ1) is 17.4. The van der Waals surface area contributed by atoms with Crippen LogP contribution in [0, 0.1) is 0 Å². The summed E-state index contributed by atoms with van der Waals surface area (Å²) in [7, 11) is 0. The van der Waals surface area contributed by atoms with Gasteiger partial charge in [-0.1, -0.05) is 29.3 Å². The summed E-state index contributed by atoms with van der Waals surface area (Å²) >= 11 is 12.7. The molecule has 0 saturated carbocycles. The van der Waals surface area contributed by atoms with Crippen molar-refractivity contribution in [3.63, 3.8) is 0 Å². The first-order valence-corrected chi connectivity index (χ1v) is 12.9. The van der Waals surface area contributed by atoms with Gasteiger partial charge in [-0.05, 0) is 49.2 Å². The van der Waals surface area contributed by atoms with Gasteiger partial charge in [0.1, 0.15) is 30.6 Å². The van der Waals surface area contributed by atoms with Crippen LogP contribution in [0.5, 0.6) is 5.75 Å². The number of hydrogen-bond donors (Lipinski definition) is 0. The smallest absolute Gasteiger partial charge is 0.219 e. The fraction of sp³-hybridized carbons (Fsp3) is 0.423. The molecule has 10 heteroatoms. The Kier molecular flexibility index (Phi) is 7.37. The molecule has 2 aliphatic rings. The van der Waals surface area contributed by atoms with E-state index >= 15 is 0 Å². The lowest BCUT2D eigenvalue weighted by molar-refractivity contribution is -0.129. The number of amides is 1. The first kappa shape index (κ1) is 24.9. The Bertz CT molecular complexity index is 1180. The second-order valence-electron chi connectivity index (χ2n) is 9.29. The van der Waals surface area contributed by atoms with E-state index < -0.39 is 5.60 Å². The van der Waals surface area contributed by atoms with Gasteiger partial charge in [0.05, 0.1) is 12.6 Å². The highest BCUT2D eigenvalue weighted by molar-refractivity contribution is 6.35. The Balaban J connectivity index is 1.22. The van der Waals surface area contributed by atoms with E-state index in [4.69, 9.17) is 32.7 Å². The molecule has 2 aliphatic heterocycles. The summed E-state index contributed by atoms with van der Waals surface area (Å²) in [5.41, 5.74) is 1.38. The van der Waals surface area contributed by atoms with Crippen LogP contribution in [0.15, 0.2) is 55.1 Å². The first-order valence-electron chi connectivity index (χ1n) is 12.1. The van der Waals surface area contributed by atoms with Gasteiger partial charge in [0.15, 0.2) is 0 Å². The normalized spacial score (nSPS) is 22.1. The SMILES string of the molecule is CC(=O)N1CCN(c2ccc(OC[C@H]3CC[C@](Cn4cncn4)(c4ccc(Cl)cc4Cl)O3)cc2)CC1. The maximum absolute atomic E-state index is 11.6. The number of nitrogens with zero attached hydrogens (tertiary/aromatic N) is 5. The summed E-state index contributed by atoms with van der Waals surface area (Å²) in [5.74, 6) is 0.930. The number of halogens is 2. The second-order valence-corrected chi connectivity index (χ2v) is 10.1. The Hall–Kier alpha value is -2.81. The van der Waals surface area contributed by atoms with E-state index in [0.29, 0.717) is 23.2 Å². The van der Waals surface area contributed by atoms with Crippen molar-refractivity contribution in [2.45, 2.75) is 38.0 Å². The van der Waals surface area contributed by atoms with E-state index in [-0.39, 0.29) is 12.0 Å². The lowest BCUT2D eigenvalue weighted by Gasteiger charge is -2.35. The zero-order valence-corrected chi connectivity index (χ0v) is 21.7. The van der Waals surface area contributed by atoms with Crippen molar-refractivity contribution in [1.82, 2.24) is 19.7 Å². The Morgan fingerprint density at radius 1 is 1.14 bits per heavy atom. The summed E-state index contributed by atoms with van der Waals surface area (Å²) < 4.78 is 14.5. The number of anilines is 1. The molecular formula is C26H29Cl2N5O3. The van der Waals surface area contributed by atoms with Crippen molar-refractivity contribution < 1.29 is 14.3 Å². The molecule has 1 aromatic heterocycles. The van der Waals surface area contributed by atoms with Gasteiger partial charge in [-0.2, -0.15) is 5.10 Å². The fourth-order valence-electron chi connectivity index (χ4n) is 5.00. The Morgan fingerprint density at radius 2 is 1.92 bits per heavy atom. The molecule has 1 amide bonds. The number of piperazine rings is 1. The third kappa shape index (κ3) is 5.45. The minimum Gasteiger partial charge on any atom is -0.491 e. The van der Waals surface area contributed by atoms with E-state index in [1.807, 2.05) is 29.2 Å². The van der Waals surface area contributed by atoms with Gasteiger partial charge in [0, 0.05) is 54.4 Å². The largest absolute Gasteiger partial charge is 0.491 e. The molecule has 190 valence electrons. The molecule has 0 bridgehead atoms. The lowest BCUT2D eigenvalue weighted by Crippen LogP contribution is -2.48. The third-order valence-corrected chi connectivity index (χ3v) is 7.48. The maximum Gasteiger partial charge on any atom is 0.219 e. The topological polar surface area (TPSA) is 72.7 Å². The molecule has 2 aromatic carbocycles. The molecule has 5 rings (SSSR count). The highest BCUT2D eigenvalue weighted by atomic mass is 35.5. The van der Waals surface area contributed by atoms with Gasteiger partial charge in [-0.3, -0.25) is 4.79 Å². The molecule has 0 N–H and O–H groups in total. The van der Waals surface area contributed by atoms with Crippen LogP contribution in [0.2, 0.25) is 10.0 Å². The second kappa shape index (κ2) is 10.7. The van der Waals surface area contributed by atoms with E-state index in [1.165, 1.54) is 6.33 Å². The number of carbonyl (C=O) groups is 1. The zero-order valence-electron chi connectivity index (χ0n) is 20.1. The number of rotatable bonds is 7. The van der Waals surface area contributed by atoms with Crippen LogP contribution in [0.1, 0.15) is 25.3 Å². The quantitative estimate of drug-likeness (QED) is 0.451. The monoisotopic (exact) mass is 529 g/mol. The average molecular weight is 530 g/mol. The lowest BCUT2D eigenvalue weighted by atomic mass is 9.90. The van der Waals surface area contributed by atoms with Gasteiger partial charge in [-0.15, -0.1) is 0 Å². The number of carbonyl (C=O) groups excluding carboxylic acids is 1. The highest BCUT2D eigenvalue weighted by Crippen LogP contribution is 2.44. The van der Waals surface area contributed by atoms with Crippen molar-refractivity contribution in [2.75, 3.05) is 37.7 Å². The van der Waals surface area contributed by atoms with Crippen LogP contribution < -0.4 is 9.64 Å². The number of benzene rings is 2. The van der Waals surface area contributed by atoms with E-state index in [2.05, 4.69) is 27.1 Å². The van der Waals surface area contributed by atoms with E-state index in [0.717, 1.165) is 56.0 Å². The molecule has 3 heterocycles. The van der Waals surface area contributed by atoms with Crippen LogP contribution in [0.3, 0.4) is 0 Å². The van der Waals surface area contributed by atoms with Gasteiger partial charge in [-0.25, -0.2) is 9.67 Å². The highest BCUT2D eigenvalue weighted by Gasteiger charge is 2.44. The van der Waals surface area contributed by atoms with Crippen LogP contribution >= 0.6 is 23.2 Å². The average Bonchev–Trinajstić information content (AvgIpc) is 3.54. The summed E-state index contributed by atoms with van der Waals surface area (Å²) in [6.07, 6.45) is 4.69. The molecule has 36 heavy (non-hydrogen) atoms. The molecule has 0 spiro atoms. The number of aromatic nitrogens is 3. The van der Waals surface area contributed by atoms with Crippen LogP contribution in [0.25, 0.3) is 0 Å². The van der Waals surface area contributed by atoms with Crippen LogP contribution in [0.4, 0.5) is 5.69 Å². The van der Waals surface area contributed by atoms with Crippen molar-refractivity contribution in [3.05, 3.63) is 70.7 Å². The standard InChI is InChI=1S/C26H29Cl2N5O3/c1-19(34)31-10-12-32(13-11-31)21-3-5-22(6-4-21)35-15-23-8-9-26(36-23,16-33-18-29-17-30-33)24-7-2-20(27)14-25(24)28/h2-7,14,17-18,23H,8-13,15-16H2,1H3/t23-,26+/m1/s1. The fourth-order valence-corrected chi connectivity index (χ4v) is 5.59. The van der Waals surface area contributed by atoms with Crippen molar-refractivity contribution in [3.8, 4) is 5.75 Å². The molecule has 0 aliphatic carbocycles. The molecule has 3 aromatic rings. The minimum absolute atomic E-state index is 0.0976. The molecule has 2 atom stereocenters. The summed E-state index contributed by atoms with van der Waals surface area (Å²) in [5, 5.41) is 5.44. The van der Waals surface area contributed by atoms with Crippen LogP contribution in [-0.4, -0.2) is 64.5 Å². The third-order valence-electron chi connectivity index (χ3n) is 6.93. The van der Waals surface area contributed by atoms with Crippen molar-refractivity contribution in [2.24, 2.45) is 0 Å². The molecular weight excluding hydrogens is 501 g/mol. The summed E-state index contributed by atoms with van der Waals surface area (Å²) in [6, 6.07) is 13.6. The predicted octanol–water partition coefficient (Wildman–Crippen LogP) is 4.41.